The predicted octanol–water partition coefficient (Wildman–Crippen LogP) is 2.90. The molecular weight excluding hydrogens is 424 g/mol. The third kappa shape index (κ3) is 3.87. The van der Waals surface area contributed by atoms with Crippen molar-refractivity contribution in [2.24, 2.45) is 0 Å². The zero-order valence-electron chi connectivity index (χ0n) is 17.0. The maximum atomic E-state index is 13.1. The number of methoxy groups -OCH3 is 3. The first kappa shape index (κ1) is 20.5. The van der Waals surface area contributed by atoms with E-state index >= 15 is 0 Å². The van der Waals surface area contributed by atoms with Gasteiger partial charge >= 0.3 is 0 Å². The smallest absolute Gasteiger partial charge is 0.266 e. The number of nitrogens with one attached hydrogen (secondary N) is 1. The minimum absolute atomic E-state index is 0.00219. The van der Waals surface area contributed by atoms with Gasteiger partial charge in [-0.25, -0.2) is 8.42 Å². The fourth-order valence-electron chi connectivity index (χ4n) is 3.24. The Morgan fingerprint density at radius 1 is 1.06 bits per heavy atom. The van der Waals surface area contributed by atoms with Crippen molar-refractivity contribution in [3.63, 3.8) is 0 Å². The number of fused-ring (bicyclic) bond motifs is 1. The van der Waals surface area contributed by atoms with Crippen molar-refractivity contribution in [3.05, 3.63) is 54.4 Å². The third-order valence-electron chi connectivity index (χ3n) is 4.61. The molecule has 0 atom stereocenters. The molecule has 0 amide bonds. The van der Waals surface area contributed by atoms with Crippen molar-refractivity contribution in [3.8, 4) is 17.2 Å². The largest absolute Gasteiger partial charge is 0.496 e. The van der Waals surface area contributed by atoms with Crippen LogP contribution < -0.4 is 18.9 Å². The highest BCUT2D eigenvalue weighted by molar-refractivity contribution is 7.92. The maximum absolute atomic E-state index is 13.1. The number of ether oxygens (including phenoxy) is 3. The lowest BCUT2D eigenvalue weighted by atomic mass is 10.1. The summed E-state index contributed by atoms with van der Waals surface area (Å²) in [7, 11) is 0.212. The van der Waals surface area contributed by atoms with E-state index in [1.807, 2.05) is 12.3 Å². The van der Waals surface area contributed by atoms with Crippen molar-refractivity contribution >= 4 is 26.8 Å². The van der Waals surface area contributed by atoms with Crippen molar-refractivity contribution in [1.82, 2.24) is 14.9 Å². The lowest BCUT2D eigenvalue weighted by Crippen LogP contribution is -2.15. The van der Waals surface area contributed by atoms with Crippen LogP contribution in [0.1, 0.15) is 5.56 Å². The van der Waals surface area contributed by atoms with E-state index in [9.17, 15) is 8.42 Å². The highest BCUT2D eigenvalue weighted by Crippen LogP contribution is 2.38. The van der Waals surface area contributed by atoms with E-state index in [-0.39, 0.29) is 22.2 Å². The van der Waals surface area contributed by atoms with Gasteiger partial charge in [-0.1, -0.05) is 11.2 Å². The summed E-state index contributed by atoms with van der Waals surface area (Å²) in [5.41, 5.74) is 1.23. The van der Waals surface area contributed by atoms with Crippen LogP contribution in [0.3, 0.4) is 0 Å². The molecule has 31 heavy (non-hydrogen) atoms. The number of hydrogen-bond acceptors (Lipinski definition) is 8. The molecule has 0 saturated carbocycles. The maximum Gasteiger partial charge on any atom is 0.266 e. The number of hydrogen-bond donors (Lipinski definition) is 1. The Kier molecular flexibility index (Phi) is 5.42. The van der Waals surface area contributed by atoms with E-state index in [0.29, 0.717) is 23.3 Å². The van der Waals surface area contributed by atoms with Gasteiger partial charge in [-0.3, -0.25) is 9.40 Å². The molecule has 0 aliphatic heterocycles. The van der Waals surface area contributed by atoms with Crippen LogP contribution in [-0.4, -0.2) is 44.7 Å². The van der Waals surface area contributed by atoms with Gasteiger partial charge in [0.1, 0.15) is 16.0 Å². The molecule has 2 aromatic heterocycles. The molecule has 0 unspecified atom stereocenters. The molecule has 0 bridgehead atoms. The Balaban J connectivity index is 1.74. The van der Waals surface area contributed by atoms with E-state index in [1.54, 1.807) is 35.1 Å². The molecule has 4 rings (SSSR count). The van der Waals surface area contributed by atoms with Gasteiger partial charge in [0, 0.05) is 12.4 Å². The van der Waals surface area contributed by atoms with Crippen LogP contribution in [0, 0.1) is 0 Å². The first-order chi connectivity index (χ1) is 15.0. The van der Waals surface area contributed by atoms with Crippen LogP contribution in [0.4, 0.5) is 5.82 Å². The first-order valence-corrected chi connectivity index (χ1v) is 10.6. The normalized spacial score (nSPS) is 11.5. The van der Waals surface area contributed by atoms with Crippen LogP contribution in [0.2, 0.25) is 0 Å². The van der Waals surface area contributed by atoms with Crippen LogP contribution in [-0.2, 0) is 16.6 Å². The van der Waals surface area contributed by atoms with Crippen LogP contribution in [0.25, 0.3) is 11.0 Å². The first-order valence-electron chi connectivity index (χ1n) is 9.14. The molecule has 4 aromatic rings. The number of rotatable bonds is 8. The standard InChI is InChI=1S/C20H20N4O6S/c1-27-14-6-4-7-17(19(14)29-3)31(25,26)23-20-18-15(28-2)10-13(11-16(18)30-22-20)12-24-9-5-8-21-24/h4-11H,12H2,1-3H3,(H,22,23). The zero-order chi connectivity index (χ0) is 22.0. The molecular formula is C20H20N4O6S. The van der Waals surface area contributed by atoms with E-state index in [0.717, 1.165) is 5.56 Å². The lowest BCUT2D eigenvalue weighted by Gasteiger charge is -2.13. The molecule has 2 heterocycles. The van der Waals surface area contributed by atoms with Gasteiger partial charge in [-0.2, -0.15) is 5.10 Å². The Bertz CT molecular complexity index is 1320. The highest BCUT2D eigenvalue weighted by atomic mass is 32.2. The predicted molar refractivity (Wildman–Crippen MR) is 112 cm³/mol. The quantitative estimate of drug-likeness (QED) is 0.441. The number of nitrogens with zero attached hydrogens (tertiary/aromatic N) is 3. The Morgan fingerprint density at radius 2 is 1.87 bits per heavy atom. The summed E-state index contributed by atoms with van der Waals surface area (Å²) in [6.45, 7) is 0.488. The Hall–Kier alpha value is -3.73. The van der Waals surface area contributed by atoms with Crippen molar-refractivity contribution in [2.45, 2.75) is 11.4 Å². The van der Waals surface area contributed by atoms with Gasteiger partial charge in [0.05, 0.1) is 27.9 Å². The third-order valence-corrected chi connectivity index (χ3v) is 5.97. The Morgan fingerprint density at radius 3 is 2.55 bits per heavy atom. The van der Waals surface area contributed by atoms with E-state index in [2.05, 4.69) is 15.0 Å². The summed E-state index contributed by atoms with van der Waals surface area (Å²) in [5, 5.41) is 8.49. The van der Waals surface area contributed by atoms with Crippen molar-refractivity contribution < 1.29 is 27.2 Å². The summed E-state index contributed by atoms with van der Waals surface area (Å²) in [4.78, 5) is -0.0974. The van der Waals surface area contributed by atoms with Gasteiger partial charge in [0.15, 0.2) is 22.9 Å². The van der Waals surface area contributed by atoms with E-state index in [4.69, 9.17) is 18.7 Å². The molecule has 10 nitrogen and oxygen atoms in total. The molecule has 0 saturated heterocycles. The summed E-state index contributed by atoms with van der Waals surface area (Å²) >= 11 is 0. The van der Waals surface area contributed by atoms with Crippen molar-refractivity contribution in [1.29, 1.82) is 0 Å². The number of benzene rings is 2. The fraction of sp³-hybridized carbons (Fsp3) is 0.200. The average Bonchev–Trinajstić information content (AvgIpc) is 3.42. The summed E-state index contributed by atoms with van der Waals surface area (Å²) < 4.78 is 51.7. The molecule has 0 fully saturated rings. The van der Waals surface area contributed by atoms with Gasteiger partial charge in [0.25, 0.3) is 10.0 Å². The molecule has 0 aliphatic carbocycles. The highest BCUT2D eigenvalue weighted by Gasteiger charge is 2.26. The van der Waals surface area contributed by atoms with E-state index in [1.165, 1.54) is 27.4 Å². The number of sulfonamides is 1. The van der Waals surface area contributed by atoms with Crippen LogP contribution >= 0.6 is 0 Å². The van der Waals surface area contributed by atoms with Gasteiger partial charge in [-0.15, -0.1) is 0 Å². The topological polar surface area (TPSA) is 118 Å². The second-order valence-corrected chi connectivity index (χ2v) is 8.15. The fourth-order valence-corrected chi connectivity index (χ4v) is 4.43. The molecule has 2 aromatic carbocycles. The van der Waals surface area contributed by atoms with Crippen molar-refractivity contribution in [2.75, 3.05) is 26.1 Å². The summed E-state index contributed by atoms with van der Waals surface area (Å²) in [6.07, 6.45) is 3.52. The number of aromatic nitrogens is 3. The molecule has 0 radical (unpaired) electrons. The summed E-state index contributed by atoms with van der Waals surface area (Å²) in [5.74, 6) is 0.786. The van der Waals surface area contributed by atoms with Gasteiger partial charge in [-0.05, 0) is 35.9 Å². The minimum atomic E-state index is -4.07. The monoisotopic (exact) mass is 444 g/mol. The second-order valence-electron chi connectivity index (χ2n) is 6.50. The molecule has 0 aliphatic rings. The Labute approximate surface area is 178 Å². The number of anilines is 1. The SMILES string of the molecule is COc1cccc(S(=O)(=O)Nc2noc3cc(Cn4cccn4)cc(OC)c23)c1OC. The van der Waals surface area contributed by atoms with Crippen LogP contribution in [0.5, 0.6) is 17.2 Å². The second kappa shape index (κ2) is 8.19. The number of para-hydroxylation sites is 1. The molecule has 1 N–H and O–H groups in total. The minimum Gasteiger partial charge on any atom is -0.496 e. The molecule has 162 valence electrons. The van der Waals surface area contributed by atoms with Gasteiger partial charge in [0.2, 0.25) is 0 Å². The molecule has 0 spiro atoms. The van der Waals surface area contributed by atoms with Gasteiger partial charge < -0.3 is 18.7 Å². The van der Waals surface area contributed by atoms with Crippen LogP contribution in [0.15, 0.2) is 58.2 Å². The zero-order valence-corrected chi connectivity index (χ0v) is 17.8. The van der Waals surface area contributed by atoms with E-state index < -0.39 is 10.0 Å². The summed E-state index contributed by atoms with van der Waals surface area (Å²) in [6, 6.07) is 9.93. The molecule has 11 heteroatoms. The lowest BCUT2D eigenvalue weighted by molar-refractivity contribution is 0.347. The average molecular weight is 444 g/mol.